The summed E-state index contributed by atoms with van der Waals surface area (Å²) in [5.74, 6) is 0.233. The van der Waals surface area contributed by atoms with E-state index in [2.05, 4.69) is 4.90 Å². The summed E-state index contributed by atoms with van der Waals surface area (Å²) in [7, 11) is 0. The summed E-state index contributed by atoms with van der Waals surface area (Å²) in [6, 6.07) is 0.187. The second-order valence-corrected chi connectivity index (χ2v) is 3.53. The van der Waals surface area contributed by atoms with Gasteiger partial charge in [-0.05, 0) is 19.4 Å². The van der Waals surface area contributed by atoms with Crippen LogP contribution < -0.4 is 5.73 Å². The molecule has 2 saturated heterocycles. The molecule has 2 heterocycles. The van der Waals surface area contributed by atoms with E-state index in [0.29, 0.717) is 12.6 Å². The van der Waals surface area contributed by atoms with E-state index >= 15 is 0 Å². The maximum atomic E-state index is 11.2. The number of nitrogens with two attached hydrogens (primary N) is 1. The number of carbonyl (C=O) groups excluding carboxylic acids is 1. The van der Waals surface area contributed by atoms with Gasteiger partial charge in [0.2, 0.25) is 0 Å². The minimum Gasteiger partial charge on any atom is -0.320 e. The molecule has 0 bridgehead atoms. The smallest absolute Gasteiger partial charge is 0.165 e. The molecular formula is C8H14N2O. The molecule has 2 aliphatic heterocycles. The Balaban J connectivity index is 2.11. The lowest BCUT2D eigenvalue weighted by atomic mass is 9.99. The minimum absolute atomic E-state index is 0.185. The van der Waals surface area contributed by atoms with Gasteiger partial charge in [0, 0.05) is 6.04 Å². The van der Waals surface area contributed by atoms with Crippen molar-refractivity contribution in [2.75, 3.05) is 13.1 Å². The summed E-state index contributed by atoms with van der Waals surface area (Å²) in [5.41, 5.74) is 5.74. The van der Waals surface area contributed by atoms with Gasteiger partial charge >= 0.3 is 0 Å². The van der Waals surface area contributed by atoms with Crippen molar-refractivity contribution in [2.45, 2.75) is 31.3 Å². The Kier molecular flexibility index (Phi) is 1.69. The van der Waals surface area contributed by atoms with Crippen molar-refractivity contribution in [1.29, 1.82) is 0 Å². The molecule has 3 nitrogen and oxygen atoms in total. The number of piperidine rings is 1. The van der Waals surface area contributed by atoms with Crippen LogP contribution in [0.25, 0.3) is 0 Å². The number of ketones is 1. The molecule has 11 heavy (non-hydrogen) atoms. The first-order chi connectivity index (χ1) is 5.29. The molecule has 2 aliphatic rings. The maximum absolute atomic E-state index is 11.2. The number of fused-ring (bicyclic) bond motifs is 1. The number of rotatable bonds is 0. The number of nitrogens with zero attached hydrogens (tertiary/aromatic N) is 1. The fraction of sp³-hybridized carbons (Fsp3) is 0.875. The molecule has 2 atom stereocenters. The second-order valence-electron chi connectivity index (χ2n) is 3.53. The molecule has 0 amide bonds. The van der Waals surface area contributed by atoms with Gasteiger partial charge in [0.05, 0.1) is 12.6 Å². The molecule has 0 radical (unpaired) electrons. The average molecular weight is 154 g/mol. The van der Waals surface area contributed by atoms with E-state index in [9.17, 15) is 4.79 Å². The third kappa shape index (κ3) is 1.08. The summed E-state index contributed by atoms with van der Waals surface area (Å²) in [5, 5.41) is 0. The highest BCUT2D eigenvalue weighted by Crippen LogP contribution is 2.23. The Morgan fingerprint density at radius 1 is 1.45 bits per heavy atom. The van der Waals surface area contributed by atoms with Crippen LogP contribution in [-0.4, -0.2) is 35.9 Å². The van der Waals surface area contributed by atoms with Gasteiger partial charge in [-0.3, -0.25) is 9.69 Å². The molecule has 0 aliphatic carbocycles. The van der Waals surface area contributed by atoms with Crippen LogP contribution in [-0.2, 0) is 4.79 Å². The van der Waals surface area contributed by atoms with Crippen molar-refractivity contribution in [3.8, 4) is 0 Å². The first kappa shape index (κ1) is 7.25. The molecule has 0 aromatic rings. The van der Waals surface area contributed by atoms with E-state index in [4.69, 9.17) is 5.73 Å². The van der Waals surface area contributed by atoms with Gasteiger partial charge < -0.3 is 5.73 Å². The molecule has 3 heteroatoms. The van der Waals surface area contributed by atoms with E-state index in [1.165, 1.54) is 12.8 Å². The normalized spacial score (nSPS) is 39.2. The van der Waals surface area contributed by atoms with E-state index < -0.39 is 0 Å². The molecule has 0 aromatic heterocycles. The monoisotopic (exact) mass is 154 g/mol. The van der Waals surface area contributed by atoms with Crippen LogP contribution in [0.3, 0.4) is 0 Å². The Morgan fingerprint density at radius 2 is 2.27 bits per heavy atom. The summed E-state index contributed by atoms with van der Waals surface area (Å²) < 4.78 is 0. The standard InChI is InChI=1S/C8H14N2O/c9-8-6-3-1-2-4-10(6)5-7(8)11/h6,8H,1-5,9H2. The maximum Gasteiger partial charge on any atom is 0.165 e. The molecule has 0 spiro atoms. The zero-order chi connectivity index (χ0) is 7.84. The zero-order valence-electron chi connectivity index (χ0n) is 6.62. The highest BCUT2D eigenvalue weighted by Gasteiger charge is 2.38. The van der Waals surface area contributed by atoms with Crippen LogP contribution >= 0.6 is 0 Å². The Hall–Kier alpha value is -0.410. The van der Waals surface area contributed by atoms with E-state index in [0.717, 1.165) is 13.0 Å². The highest BCUT2D eigenvalue weighted by atomic mass is 16.1. The lowest BCUT2D eigenvalue weighted by molar-refractivity contribution is -0.117. The predicted molar refractivity (Wildman–Crippen MR) is 42.2 cm³/mol. The van der Waals surface area contributed by atoms with Gasteiger partial charge in [0.1, 0.15) is 0 Å². The molecule has 2 fully saturated rings. The van der Waals surface area contributed by atoms with E-state index in [1.54, 1.807) is 0 Å². The molecule has 2 unspecified atom stereocenters. The topological polar surface area (TPSA) is 46.3 Å². The third-order valence-corrected chi connectivity index (χ3v) is 2.81. The van der Waals surface area contributed by atoms with Crippen molar-refractivity contribution >= 4 is 5.78 Å². The van der Waals surface area contributed by atoms with Crippen LogP contribution in [0.2, 0.25) is 0 Å². The van der Waals surface area contributed by atoms with Crippen LogP contribution in [0.5, 0.6) is 0 Å². The van der Waals surface area contributed by atoms with Crippen molar-refractivity contribution in [2.24, 2.45) is 5.73 Å². The summed E-state index contributed by atoms with van der Waals surface area (Å²) in [6.45, 7) is 1.68. The Labute approximate surface area is 66.5 Å². The molecule has 2 rings (SSSR count). The lowest BCUT2D eigenvalue weighted by Gasteiger charge is -2.29. The summed E-state index contributed by atoms with van der Waals surface area (Å²) in [4.78, 5) is 13.4. The quantitative estimate of drug-likeness (QED) is 0.523. The molecule has 2 N–H and O–H groups in total. The molecular weight excluding hydrogens is 140 g/mol. The van der Waals surface area contributed by atoms with Crippen LogP contribution in [0.15, 0.2) is 0 Å². The van der Waals surface area contributed by atoms with E-state index in [-0.39, 0.29) is 11.8 Å². The highest BCUT2D eigenvalue weighted by molar-refractivity contribution is 5.88. The first-order valence-electron chi connectivity index (χ1n) is 4.31. The van der Waals surface area contributed by atoms with Gasteiger partial charge in [-0.1, -0.05) is 6.42 Å². The van der Waals surface area contributed by atoms with Crippen molar-refractivity contribution < 1.29 is 4.79 Å². The average Bonchev–Trinajstić information content (AvgIpc) is 2.30. The molecule has 0 saturated carbocycles. The molecule has 62 valence electrons. The van der Waals surface area contributed by atoms with Gasteiger partial charge in [0.25, 0.3) is 0 Å². The van der Waals surface area contributed by atoms with Crippen molar-refractivity contribution in [1.82, 2.24) is 4.90 Å². The van der Waals surface area contributed by atoms with Gasteiger partial charge in [-0.25, -0.2) is 0 Å². The van der Waals surface area contributed by atoms with Gasteiger partial charge in [0.15, 0.2) is 5.78 Å². The SMILES string of the molecule is NC1C(=O)CN2CCCCC12. The summed E-state index contributed by atoms with van der Waals surface area (Å²) in [6.07, 6.45) is 3.59. The minimum atomic E-state index is -0.185. The number of carbonyl (C=O) groups is 1. The fourth-order valence-electron chi connectivity index (χ4n) is 2.14. The third-order valence-electron chi connectivity index (χ3n) is 2.81. The zero-order valence-corrected chi connectivity index (χ0v) is 6.62. The lowest BCUT2D eigenvalue weighted by Crippen LogP contribution is -2.43. The van der Waals surface area contributed by atoms with Gasteiger partial charge in [-0.2, -0.15) is 0 Å². The predicted octanol–water partition coefficient (Wildman–Crippen LogP) is -0.249. The molecule has 0 aromatic carbocycles. The van der Waals surface area contributed by atoms with Crippen LogP contribution in [0, 0.1) is 0 Å². The Bertz CT molecular complexity index is 181. The van der Waals surface area contributed by atoms with Crippen molar-refractivity contribution in [3.05, 3.63) is 0 Å². The van der Waals surface area contributed by atoms with Crippen molar-refractivity contribution in [3.63, 3.8) is 0 Å². The number of hydrogen-bond acceptors (Lipinski definition) is 3. The number of hydrogen-bond donors (Lipinski definition) is 1. The van der Waals surface area contributed by atoms with Gasteiger partial charge in [-0.15, -0.1) is 0 Å². The second kappa shape index (κ2) is 2.57. The Morgan fingerprint density at radius 3 is 3.00 bits per heavy atom. The fourth-order valence-corrected chi connectivity index (χ4v) is 2.14. The van der Waals surface area contributed by atoms with Crippen LogP contribution in [0.1, 0.15) is 19.3 Å². The summed E-state index contributed by atoms with van der Waals surface area (Å²) >= 11 is 0. The first-order valence-corrected chi connectivity index (χ1v) is 4.31. The van der Waals surface area contributed by atoms with E-state index in [1.807, 2.05) is 0 Å². The van der Waals surface area contributed by atoms with Crippen LogP contribution in [0.4, 0.5) is 0 Å². The largest absolute Gasteiger partial charge is 0.320 e. The number of Topliss-reactive ketones (excluding diaryl/α,β-unsaturated/α-hetero) is 1.